The van der Waals surface area contributed by atoms with Gasteiger partial charge < -0.3 is 15.1 Å². The first-order valence-electron chi connectivity index (χ1n) is 8.26. The minimum absolute atomic E-state index is 0. The van der Waals surface area contributed by atoms with Gasteiger partial charge in [-0.2, -0.15) is 0 Å². The molecule has 1 aliphatic rings. The van der Waals surface area contributed by atoms with Crippen molar-refractivity contribution in [3.05, 3.63) is 18.5 Å². The molecule has 0 aromatic carbocycles. The van der Waals surface area contributed by atoms with E-state index in [0.717, 1.165) is 57.6 Å². The van der Waals surface area contributed by atoms with E-state index >= 15 is 0 Å². The van der Waals surface area contributed by atoms with Gasteiger partial charge in [0, 0.05) is 51.7 Å². The van der Waals surface area contributed by atoms with Gasteiger partial charge in [-0.3, -0.25) is 4.99 Å². The molecule has 0 radical (unpaired) electrons. The van der Waals surface area contributed by atoms with Gasteiger partial charge in [0.1, 0.15) is 0 Å². The van der Waals surface area contributed by atoms with Crippen molar-refractivity contribution in [2.45, 2.75) is 27.2 Å². The summed E-state index contributed by atoms with van der Waals surface area (Å²) in [6.45, 7) is 12.1. The normalized spacial score (nSPS) is 15.6. The van der Waals surface area contributed by atoms with Gasteiger partial charge in [-0.25, -0.2) is 9.97 Å². The van der Waals surface area contributed by atoms with Gasteiger partial charge in [-0.1, -0.05) is 13.8 Å². The van der Waals surface area contributed by atoms with E-state index in [9.17, 15) is 0 Å². The van der Waals surface area contributed by atoms with Crippen LogP contribution in [0.4, 0.5) is 5.95 Å². The Kier molecular flexibility index (Phi) is 9.20. The highest BCUT2D eigenvalue weighted by Crippen LogP contribution is 2.10. The number of aromatic nitrogens is 2. The molecule has 6 nitrogen and oxygen atoms in total. The van der Waals surface area contributed by atoms with Gasteiger partial charge in [0.15, 0.2) is 5.96 Å². The fraction of sp³-hybridized carbons (Fsp3) is 0.688. The van der Waals surface area contributed by atoms with Crippen LogP contribution in [-0.2, 0) is 0 Å². The lowest BCUT2D eigenvalue weighted by molar-refractivity contribution is 0.369. The van der Waals surface area contributed by atoms with Gasteiger partial charge in [-0.15, -0.1) is 24.0 Å². The predicted octanol–water partition coefficient (Wildman–Crippen LogP) is 2.23. The van der Waals surface area contributed by atoms with Gasteiger partial charge in [0.25, 0.3) is 0 Å². The van der Waals surface area contributed by atoms with Crippen molar-refractivity contribution in [1.82, 2.24) is 20.2 Å². The lowest BCUT2D eigenvalue weighted by atomic mass is 10.1. The molecule has 0 unspecified atom stereocenters. The fourth-order valence-electron chi connectivity index (χ4n) is 2.43. The van der Waals surface area contributed by atoms with Crippen molar-refractivity contribution in [3.8, 4) is 0 Å². The zero-order valence-corrected chi connectivity index (χ0v) is 16.7. The van der Waals surface area contributed by atoms with Crippen LogP contribution in [0, 0.1) is 5.92 Å². The summed E-state index contributed by atoms with van der Waals surface area (Å²) in [6, 6.07) is 1.85. The Bertz CT molecular complexity index is 457. The molecule has 130 valence electrons. The summed E-state index contributed by atoms with van der Waals surface area (Å²) in [5.74, 6) is 2.55. The van der Waals surface area contributed by atoms with Crippen LogP contribution < -0.4 is 10.2 Å². The molecule has 2 heterocycles. The van der Waals surface area contributed by atoms with Gasteiger partial charge in [-0.05, 0) is 25.3 Å². The molecule has 0 atom stereocenters. The number of hydrogen-bond donors (Lipinski definition) is 1. The number of nitrogens with zero attached hydrogens (tertiary/aromatic N) is 5. The number of nitrogens with one attached hydrogen (secondary N) is 1. The second-order valence-electron chi connectivity index (χ2n) is 5.94. The van der Waals surface area contributed by atoms with Gasteiger partial charge in [0.2, 0.25) is 5.95 Å². The van der Waals surface area contributed by atoms with Crippen molar-refractivity contribution in [1.29, 1.82) is 0 Å². The Morgan fingerprint density at radius 2 is 1.87 bits per heavy atom. The second-order valence-corrected chi connectivity index (χ2v) is 5.94. The third-order valence-corrected chi connectivity index (χ3v) is 3.72. The molecule has 0 amide bonds. The summed E-state index contributed by atoms with van der Waals surface area (Å²) in [5, 5.41) is 3.41. The first-order chi connectivity index (χ1) is 10.7. The maximum absolute atomic E-state index is 4.76. The van der Waals surface area contributed by atoms with E-state index < -0.39 is 0 Å². The predicted molar refractivity (Wildman–Crippen MR) is 107 cm³/mol. The molecule has 1 aliphatic heterocycles. The first-order valence-corrected chi connectivity index (χ1v) is 8.26. The van der Waals surface area contributed by atoms with Crippen molar-refractivity contribution < 1.29 is 0 Å². The SMILES string of the molecule is CCNC(=NCCC(C)C)N1CCN(c2ncccn2)CC1.I. The summed E-state index contributed by atoms with van der Waals surface area (Å²) >= 11 is 0. The molecule has 0 aliphatic carbocycles. The minimum Gasteiger partial charge on any atom is -0.357 e. The van der Waals surface area contributed by atoms with Crippen LogP contribution in [0.3, 0.4) is 0 Å². The molecule has 2 rings (SSSR count). The highest BCUT2D eigenvalue weighted by molar-refractivity contribution is 14.0. The average molecular weight is 432 g/mol. The molecule has 1 aromatic rings. The lowest BCUT2D eigenvalue weighted by Gasteiger charge is -2.36. The Morgan fingerprint density at radius 3 is 2.43 bits per heavy atom. The Hall–Kier alpha value is -1.12. The Morgan fingerprint density at radius 1 is 1.22 bits per heavy atom. The van der Waals surface area contributed by atoms with E-state index in [1.54, 1.807) is 12.4 Å². The monoisotopic (exact) mass is 432 g/mol. The van der Waals surface area contributed by atoms with Crippen molar-refractivity contribution >= 4 is 35.9 Å². The number of rotatable bonds is 5. The van der Waals surface area contributed by atoms with E-state index in [1.165, 1.54) is 0 Å². The highest BCUT2D eigenvalue weighted by Gasteiger charge is 2.20. The van der Waals surface area contributed by atoms with Crippen LogP contribution in [0.2, 0.25) is 0 Å². The van der Waals surface area contributed by atoms with Crippen molar-refractivity contribution in [2.24, 2.45) is 10.9 Å². The molecule has 0 bridgehead atoms. The third-order valence-electron chi connectivity index (χ3n) is 3.72. The van der Waals surface area contributed by atoms with Crippen molar-refractivity contribution in [2.75, 3.05) is 44.2 Å². The molecule has 1 fully saturated rings. The number of guanidine groups is 1. The van der Waals surface area contributed by atoms with Crippen LogP contribution in [0.15, 0.2) is 23.5 Å². The number of hydrogen-bond acceptors (Lipinski definition) is 4. The van der Waals surface area contributed by atoms with Crippen molar-refractivity contribution in [3.63, 3.8) is 0 Å². The molecule has 1 aromatic heterocycles. The van der Waals surface area contributed by atoms with E-state index in [1.807, 2.05) is 6.07 Å². The van der Waals surface area contributed by atoms with E-state index in [4.69, 9.17) is 4.99 Å². The molecule has 1 saturated heterocycles. The van der Waals surface area contributed by atoms with Crippen LogP contribution in [0.25, 0.3) is 0 Å². The van der Waals surface area contributed by atoms with Gasteiger partial charge >= 0.3 is 0 Å². The molecule has 7 heteroatoms. The lowest BCUT2D eigenvalue weighted by Crippen LogP contribution is -2.53. The fourth-order valence-corrected chi connectivity index (χ4v) is 2.43. The second kappa shape index (κ2) is 10.6. The first kappa shape index (κ1) is 19.9. The summed E-state index contributed by atoms with van der Waals surface area (Å²) in [5.41, 5.74) is 0. The maximum Gasteiger partial charge on any atom is 0.225 e. The third kappa shape index (κ3) is 6.48. The Balaban J connectivity index is 0.00000264. The van der Waals surface area contributed by atoms with Crippen LogP contribution in [-0.4, -0.2) is 60.1 Å². The molecule has 1 N–H and O–H groups in total. The smallest absolute Gasteiger partial charge is 0.225 e. The van der Waals surface area contributed by atoms with Crippen LogP contribution in [0.1, 0.15) is 27.2 Å². The summed E-state index contributed by atoms with van der Waals surface area (Å²) in [4.78, 5) is 18.0. The molecular weight excluding hydrogens is 403 g/mol. The largest absolute Gasteiger partial charge is 0.357 e. The van der Waals surface area contributed by atoms with E-state index in [2.05, 4.69) is 45.9 Å². The Labute approximate surface area is 156 Å². The van der Waals surface area contributed by atoms with Gasteiger partial charge in [0.05, 0.1) is 0 Å². The number of halogens is 1. The standard InChI is InChI=1S/C16H28N6.HI/c1-4-17-15(20-9-6-14(2)3)21-10-12-22(13-11-21)16-18-7-5-8-19-16;/h5,7-8,14H,4,6,9-13H2,1-3H3,(H,17,20);1H. The summed E-state index contributed by atoms with van der Waals surface area (Å²) in [7, 11) is 0. The molecule has 0 spiro atoms. The number of anilines is 1. The molecule has 0 saturated carbocycles. The van der Waals surface area contributed by atoms with Crippen LogP contribution >= 0.6 is 24.0 Å². The summed E-state index contributed by atoms with van der Waals surface area (Å²) in [6.07, 6.45) is 4.73. The highest BCUT2D eigenvalue weighted by atomic mass is 127. The van der Waals surface area contributed by atoms with E-state index in [-0.39, 0.29) is 24.0 Å². The average Bonchev–Trinajstić information content (AvgIpc) is 2.55. The van der Waals surface area contributed by atoms with E-state index in [0.29, 0.717) is 5.92 Å². The number of aliphatic imine (C=N–C) groups is 1. The zero-order valence-electron chi connectivity index (χ0n) is 14.4. The number of piperazine rings is 1. The minimum atomic E-state index is 0. The maximum atomic E-state index is 4.76. The quantitative estimate of drug-likeness (QED) is 0.440. The molecule has 23 heavy (non-hydrogen) atoms. The summed E-state index contributed by atoms with van der Waals surface area (Å²) < 4.78 is 0. The molecular formula is C16H29IN6. The topological polar surface area (TPSA) is 56.7 Å². The zero-order chi connectivity index (χ0) is 15.8. The van der Waals surface area contributed by atoms with Crippen LogP contribution in [0.5, 0.6) is 0 Å².